The van der Waals surface area contributed by atoms with Gasteiger partial charge in [-0.15, -0.1) is 0 Å². The Kier molecular flexibility index (Phi) is 7.64. The normalized spacial score (nSPS) is 14.7. The van der Waals surface area contributed by atoms with Crippen molar-refractivity contribution in [1.82, 2.24) is 14.5 Å². The Balaban J connectivity index is 1.67. The van der Waals surface area contributed by atoms with Crippen LogP contribution in [0.15, 0.2) is 48.5 Å². The molecule has 9 heteroatoms. The van der Waals surface area contributed by atoms with Gasteiger partial charge in [0.2, 0.25) is 5.91 Å². The minimum atomic E-state index is -4.05. The molecular formula is C22H29FN4O3S. The number of amides is 1. The van der Waals surface area contributed by atoms with Crippen LogP contribution in [0.3, 0.4) is 0 Å². The second-order valence-corrected chi connectivity index (χ2v) is 9.89. The van der Waals surface area contributed by atoms with Gasteiger partial charge in [-0.25, -0.2) is 8.70 Å². The lowest BCUT2D eigenvalue weighted by atomic mass is 10.1. The number of carbonyl (C=O) groups is 1. The first-order chi connectivity index (χ1) is 14.8. The topological polar surface area (TPSA) is 73.0 Å². The van der Waals surface area contributed by atoms with Gasteiger partial charge in [-0.05, 0) is 49.2 Å². The largest absolute Gasteiger partial charge is 0.350 e. The molecule has 0 radical (unpaired) electrons. The van der Waals surface area contributed by atoms with Gasteiger partial charge in [-0.1, -0.05) is 36.4 Å². The van der Waals surface area contributed by atoms with E-state index in [0.717, 1.165) is 39.9 Å². The van der Waals surface area contributed by atoms with E-state index in [1.807, 2.05) is 18.2 Å². The van der Waals surface area contributed by atoms with E-state index in [1.165, 1.54) is 50.7 Å². The van der Waals surface area contributed by atoms with Crippen LogP contribution in [-0.2, 0) is 28.1 Å². The number of likely N-dealkylation sites (tertiary alicyclic amines) is 1. The minimum absolute atomic E-state index is 0.168. The Labute approximate surface area is 183 Å². The number of halogens is 1. The van der Waals surface area contributed by atoms with E-state index in [2.05, 4.69) is 16.3 Å². The summed E-state index contributed by atoms with van der Waals surface area (Å²) in [5.41, 5.74) is 1.94. The average Bonchev–Trinajstić information content (AvgIpc) is 3.24. The summed E-state index contributed by atoms with van der Waals surface area (Å²) in [5.74, 6) is -1.23. The third kappa shape index (κ3) is 6.03. The van der Waals surface area contributed by atoms with Crippen molar-refractivity contribution in [3.8, 4) is 0 Å². The fraction of sp³-hybridized carbons (Fsp3) is 0.409. The van der Waals surface area contributed by atoms with Gasteiger partial charge in [-0.3, -0.25) is 9.69 Å². The van der Waals surface area contributed by atoms with Crippen molar-refractivity contribution in [2.45, 2.75) is 25.9 Å². The van der Waals surface area contributed by atoms with Gasteiger partial charge in [-0.2, -0.15) is 12.7 Å². The van der Waals surface area contributed by atoms with Crippen LogP contribution in [0.5, 0.6) is 0 Å². The highest BCUT2D eigenvalue weighted by Gasteiger charge is 2.29. The summed E-state index contributed by atoms with van der Waals surface area (Å²) in [5, 5.41) is 2.75. The summed E-state index contributed by atoms with van der Waals surface area (Å²) in [6, 6.07) is 13.5. The van der Waals surface area contributed by atoms with E-state index in [1.54, 1.807) is 0 Å². The summed E-state index contributed by atoms with van der Waals surface area (Å²) < 4.78 is 41.4. The molecule has 1 N–H and O–H groups in total. The zero-order valence-corrected chi connectivity index (χ0v) is 18.7. The maximum atomic E-state index is 14.3. The molecule has 1 aliphatic rings. The molecule has 31 heavy (non-hydrogen) atoms. The predicted molar refractivity (Wildman–Crippen MR) is 119 cm³/mol. The van der Waals surface area contributed by atoms with Gasteiger partial charge in [0.05, 0.1) is 5.69 Å². The van der Waals surface area contributed by atoms with E-state index in [-0.39, 0.29) is 12.2 Å². The lowest BCUT2D eigenvalue weighted by molar-refractivity contribution is -0.119. The van der Waals surface area contributed by atoms with Crippen molar-refractivity contribution in [2.24, 2.45) is 0 Å². The number of para-hydroxylation sites is 1. The summed E-state index contributed by atoms with van der Waals surface area (Å²) in [7, 11) is -1.37. The van der Waals surface area contributed by atoms with Crippen molar-refractivity contribution in [3.05, 3.63) is 65.5 Å². The zero-order valence-electron chi connectivity index (χ0n) is 17.9. The Bertz CT molecular complexity index is 1010. The van der Waals surface area contributed by atoms with Crippen LogP contribution in [0, 0.1) is 5.82 Å². The first kappa shape index (κ1) is 23.2. The smallest absolute Gasteiger partial charge is 0.304 e. The minimum Gasteiger partial charge on any atom is -0.350 e. The van der Waals surface area contributed by atoms with Crippen LogP contribution in [0.25, 0.3) is 0 Å². The van der Waals surface area contributed by atoms with Crippen LogP contribution < -0.4 is 9.62 Å². The molecule has 7 nitrogen and oxygen atoms in total. The molecular weight excluding hydrogens is 419 g/mol. The van der Waals surface area contributed by atoms with Crippen LogP contribution in [0.1, 0.15) is 24.0 Å². The third-order valence-electron chi connectivity index (χ3n) is 5.23. The molecule has 0 atom stereocenters. The van der Waals surface area contributed by atoms with Gasteiger partial charge in [0.25, 0.3) is 0 Å². The van der Waals surface area contributed by atoms with E-state index in [9.17, 15) is 17.6 Å². The quantitative estimate of drug-likeness (QED) is 0.639. The van der Waals surface area contributed by atoms with Crippen LogP contribution >= 0.6 is 0 Å². The fourth-order valence-corrected chi connectivity index (χ4v) is 4.64. The molecule has 0 spiro atoms. The molecule has 0 saturated carbocycles. The van der Waals surface area contributed by atoms with Crippen molar-refractivity contribution in [3.63, 3.8) is 0 Å². The molecule has 0 unspecified atom stereocenters. The molecule has 1 aliphatic heterocycles. The van der Waals surface area contributed by atoms with E-state index in [4.69, 9.17) is 0 Å². The highest BCUT2D eigenvalue weighted by Crippen LogP contribution is 2.22. The van der Waals surface area contributed by atoms with Gasteiger partial charge >= 0.3 is 10.2 Å². The molecule has 3 rings (SSSR count). The van der Waals surface area contributed by atoms with Gasteiger partial charge < -0.3 is 5.32 Å². The van der Waals surface area contributed by atoms with Gasteiger partial charge in [0.15, 0.2) is 0 Å². The Hall–Kier alpha value is -2.49. The number of benzene rings is 2. The van der Waals surface area contributed by atoms with Gasteiger partial charge in [0, 0.05) is 27.2 Å². The molecule has 1 fully saturated rings. The molecule has 0 aromatic heterocycles. The van der Waals surface area contributed by atoms with Gasteiger partial charge in [0.1, 0.15) is 12.4 Å². The molecule has 2 aromatic rings. The summed E-state index contributed by atoms with van der Waals surface area (Å²) in [6.45, 7) is 2.83. The third-order valence-corrected chi connectivity index (χ3v) is 7.04. The average molecular weight is 449 g/mol. The van der Waals surface area contributed by atoms with E-state index in [0.29, 0.717) is 0 Å². The standard InChI is InChI=1S/C22H29FN4O3S/c1-25(2)31(29,30)27(21-11-4-3-10-20(21)23)17-22(28)24-15-18-8-7-9-19(14-18)16-26-12-5-6-13-26/h3-4,7-11,14H,5-6,12-13,15-17H2,1-2H3,(H,24,28). The van der Waals surface area contributed by atoms with E-state index < -0.39 is 28.5 Å². The highest BCUT2D eigenvalue weighted by atomic mass is 32.2. The fourth-order valence-electron chi connectivity index (χ4n) is 3.57. The highest BCUT2D eigenvalue weighted by molar-refractivity contribution is 7.90. The van der Waals surface area contributed by atoms with Crippen LogP contribution in [0.2, 0.25) is 0 Å². The first-order valence-corrected chi connectivity index (χ1v) is 11.7. The Morgan fingerprint density at radius 3 is 2.42 bits per heavy atom. The van der Waals surface area contributed by atoms with Crippen molar-refractivity contribution in [2.75, 3.05) is 38.0 Å². The zero-order chi connectivity index (χ0) is 22.4. The molecule has 0 aliphatic carbocycles. The molecule has 1 amide bonds. The molecule has 2 aromatic carbocycles. The lowest BCUT2D eigenvalue weighted by Gasteiger charge is -2.27. The molecule has 0 bridgehead atoms. The SMILES string of the molecule is CN(C)S(=O)(=O)N(CC(=O)NCc1cccc(CN2CCCC2)c1)c1ccccc1F. The van der Waals surface area contributed by atoms with Crippen LogP contribution in [-0.4, -0.2) is 57.3 Å². The maximum Gasteiger partial charge on any atom is 0.304 e. The molecule has 1 saturated heterocycles. The summed E-state index contributed by atoms with van der Waals surface area (Å²) in [6.07, 6.45) is 2.45. The van der Waals surface area contributed by atoms with Crippen LogP contribution in [0.4, 0.5) is 10.1 Å². The number of anilines is 1. The first-order valence-electron chi connectivity index (χ1n) is 10.3. The second-order valence-electron chi connectivity index (χ2n) is 7.83. The van der Waals surface area contributed by atoms with Crippen molar-refractivity contribution < 1.29 is 17.6 Å². The number of carbonyl (C=O) groups excluding carboxylic acids is 1. The number of nitrogens with zero attached hydrogens (tertiary/aromatic N) is 3. The molecule has 1 heterocycles. The Morgan fingerprint density at radius 1 is 1.06 bits per heavy atom. The summed E-state index contributed by atoms with van der Waals surface area (Å²) in [4.78, 5) is 15.0. The van der Waals surface area contributed by atoms with E-state index >= 15 is 0 Å². The Morgan fingerprint density at radius 2 is 1.74 bits per heavy atom. The lowest BCUT2D eigenvalue weighted by Crippen LogP contribution is -2.46. The number of hydrogen-bond acceptors (Lipinski definition) is 4. The maximum absolute atomic E-state index is 14.3. The monoisotopic (exact) mass is 448 g/mol. The number of nitrogens with one attached hydrogen (secondary N) is 1. The van der Waals surface area contributed by atoms with Crippen molar-refractivity contribution in [1.29, 1.82) is 0 Å². The van der Waals surface area contributed by atoms with Crippen molar-refractivity contribution >= 4 is 21.8 Å². The number of hydrogen-bond donors (Lipinski definition) is 1. The number of rotatable bonds is 9. The molecule has 168 valence electrons. The summed E-state index contributed by atoms with van der Waals surface area (Å²) >= 11 is 0. The predicted octanol–water partition coefficient (Wildman–Crippen LogP) is 2.35. The second kappa shape index (κ2) is 10.2.